The van der Waals surface area contributed by atoms with E-state index in [0.29, 0.717) is 5.69 Å². The van der Waals surface area contributed by atoms with Crippen molar-refractivity contribution in [1.29, 1.82) is 0 Å². The Morgan fingerprint density at radius 2 is 2.18 bits per heavy atom. The van der Waals surface area contributed by atoms with Crippen LogP contribution in [0.15, 0.2) is 23.8 Å². The number of hydrogen-bond donors (Lipinski definition) is 2. The maximum Gasteiger partial charge on any atom is 0.157 e. The maximum atomic E-state index is 6.28. The Kier molecular flexibility index (Phi) is 4.77. The Bertz CT molecular complexity index is 591. The molecule has 0 atom stereocenters. The van der Waals surface area contributed by atoms with E-state index in [9.17, 15) is 0 Å². The summed E-state index contributed by atoms with van der Waals surface area (Å²) in [7, 11) is 0. The van der Waals surface area contributed by atoms with E-state index in [1.54, 1.807) is 17.7 Å². The highest BCUT2D eigenvalue weighted by Crippen LogP contribution is 2.29. The minimum Gasteiger partial charge on any atom is -0.393 e. The standard InChI is InChI=1S/C16H23N5S/c1-12-5-8-21(9-6-12)16-14(17)15(19-11-20-16)18-7-4-13-3-2-10-22-13/h2-3,10-12H,4-9,17H2,1H3,(H,18,19,20). The molecule has 2 aromatic rings. The summed E-state index contributed by atoms with van der Waals surface area (Å²) >= 11 is 1.78. The largest absolute Gasteiger partial charge is 0.393 e. The van der Waals surface area contributed by atoms with Gasteiger partial charge in [0.1, 0.15) is 12.0 Å². The molecule has 3 N–H and O–H groups in total. The van der Waals surface area contributed by atoms with Crippen molar-refractivity contribution in [2.24, 2.45) is 5.92 Å². The van der Waals surface area contributed by atoms with Crippen LogP contribution in [0.1, 0.15) is 24.6 Å². The number of hydrogen-bond acceptors (Lipinski definition) is 6. The van der Waals surface area contributed by atoms with Crippen LogP contribution in [0.4, 0.5) is 17.3 Å². The zero-order valence-electron chi connectivity index (χ0n) is 13.0. The molecule has 3 heterocycles. The van der Waals surface area contributed by atoms with E-state index in [2.05, 4.69) is 44.6 Å². The maximum absolute atomic E-state index is 6.28. The molecule has 0 saturated carbocycles. The Hall–Kier alpha value is -1.82. The van der Waals surface area contributed by atoms with E-state index in [0.717, 1.165) is 43.6 Å². The molecule has 1 aliphatic heterocycles. The number of piperidine rings is 1. The summed E-state index contributed by atoms with van der Waals surface area (Å²) in [5.41, 5.74) is 6.95. The van der Waals surface area contributed by atoms with Gasteiger partial charge in [0.05, 0.1) is 0 Å². The molecule has 0 aliphatic carbocycles. The van der Waals surface area contributed by atoms with Gasteiger partial charge in [0.15, 0.2) is 11.6 Å². The van der Waals surface area contributed by atoms with Crippen molar-refractivity contribution in [3.63, 3.8) is 0 Å². The van der Waals surface area contributed by atoms with Gasteiger partial charge in [-0.15, -0.1) is 11.3 Å². The molecule has 6 heteroatoms. The fourth-order valence-electron chi connectivity index (χ4n) is 2.76. The second-order valence-corrected chi connectivity index (χ2v) is 6.92. The molecule has 1 saturated heterocycles. The van der Waals surface area contributed by atoms with Crippen molar-refractivity contribution >= 4 is 28.7 Å². The van der Waals surface area contributed by atoms with Crippen molar-refractivity contribution in [2.75, 3.05) is 35.6 Å². The monoisotopic (exact) mass is 317 g/mol. The van der Waals surface area contributed by atoms with E-state index >= 15 is 0 Å². The van der Waals surface area contributed by atoms with Gasteiger partial charge in [-0.1, -0.05) is 13.0 Å². The third-order valence-corrected chi connectivity index (χ3v) is 5.13. The molecule has 1 aliphatic rings. The van der Waals surface area contributed by atoms with Gasteiger partial charge in [-0.2, -0.15) is 0 Å². The van der Waals surface area contributed by atoms with Crippen molar-refractivity contribution in [3.05, 3.63) is 28.7 Å². The summed E-state index contributed by atoms with van der Waals surface area (Å²) in [5, 5.41) is 5.44. The van der Waals surface area contributed by atoms with Gasteiger partial charge in [-0.05, 0) is 36.6 Å². The van der Waals surface area contributed by atoms with E-state index in [1.807, 2.05) is 0 Å². The molecule has 1 fully saturated rings. The Morgan fingerprint density at radius 1 is 1.36 bits per heavy atom. The molecule has 0 aromatic carbocycles. The van der Waals surface area contributed by atoms with Crippen LogP contribution in [-0.2, 0) is 6.42 Å². The second-order valence-electron chi connectivity index (χ2n) is 5.89. The van der Waals surface area contributed by atoms with Crippen molar-refractivity contribution in [3.8, 4) is 0 Å². The van der Waals surface area contributed by atoms with E-state index in [-0.39, 0.29) is 0 Å². The minimum atomic E-state index is 0.670. The number of thiophene rings is 1. The summed E-state index contributed by atoms with van der Waals surface area (Å²) in [5.74, 6) is 2.42. The van der Waals surface area contributed by atoms with Crippen LogP contribution >= 0.6 is 11.3 Å². The van der Waals surface area contributed by atoms with Crippen LogP contribution in [0.3, 0.4) is 0 Å². The van der Waals surface area contributed by atoms with Crippen LogP contribution < -0.4 is 16.0 Å². The van der Waals surface area contributed by atoms with Gasteiger partial charge in [0.2, 0.25) is 0 Å². The number of rotatable bonds is 5. The summed E-state index contributed by atoms with van der Waals surface area (Å²) in [6, 6.07) is 4.23. The zero-order valence-corrected chi connectivity index (χ0v) is 13.8. The fourth-order valence-corrected chi connectivity index (χ4v) is 3.47. The summed E-state index contributed by atoms with van der Waals surface area (Å²) < 4.78 is 0. The van der Waals surface area contributed by atoms with Crippen molar-refractivity contribution in [1.82, 2.24) is 9.97 Å². The van der Waals surface area contributed by atoms with Gasteiger partial charge in [0.25, 0.3) is 0 Å². The lowest BCUT2D eigenvalue weighted by atomic mass is 9.99. The normalized spacial score (nSPS) is 16.0. The van der Waals surface area contributed by atoms with Gasteiger partial charge < -0.3 is 16.0 Å². The van der Waals surface area contributed by atoms with Crippen LogP contribution in [0.25, 0.3) is 0 Å². The van der Waals surface area contributed by atoms with Gasteiger partial charge >= 0.3 is 0 Å². The van der Waals surface area contributed by atoms with E-state index < -0.39 is 0 Å². The highest BCUT2D eigenvalue weighted by atomic mass is 32.1. The van der Waals surface area contributed by atoms with Crippen molar-refractivity contribution in [2.45, 2.75) is 26.2 Å². The quantitative estimate of drug-likeness (QED) is 0.887. The van der Waals surface area contributed by atoms with Crippen LogP contribution in [0.5, 0.6) is 0 Å². The zero-order chi connectivity index (χ0) is 15.4. The third kappa shape index (κ3) is 3.50. The van der Waals surface area contributed by atoms with Gasteiger partial charge in [-0.25, -0.2) is 9.97 Å². The Balaban J connectivity index is 1.63. The molecule has 2 aromatic heterocycles. The van der Waals surface area contributed by atoms with Crippen LogP contribution in [0, 0.1) is 5.92 Å². The van der Waals surface area contributed by atoms with Gasteiger partial charge in [0, 0.05) is 24.5 Å². The molecular formula is C16H23N5S. The summed E-state index contributed by atoms with van der Waals surface area (Å²) in [4.78, 5) is 12.3. The number of nitrogen functional groups attached to an aromatic ring is 1. The molecule has 0 bridgehead atoms. The average molecular weight is 317 g/mol. The molecule has 0 radical (unpaired) electrons. The molecule has 0 amide bonds. The summed E-state index contributed by atoms with van der Waals surface area (Å²) in [6.07, 6.45) is 4.99. The Morgan fingerprint density at radius 3 is 2.91 bits per heavy atom. The molecular weight excluding hydrogens is 294 g/mol. The Labute approximate surface area is 135 Å². The molecule has 0 spiro atoms. The first-order chi connectivity index (χ1) is 10.7. The highest BCUT2D eigenvalue weighted by molar-refractivity contribution is 7.09. The third-order valence-electron chi connectivity index (χ3n) is 4.19. The number of anilines is 3. The fraction of sp³-hybridized carbons (Fsp3) is 0.500. The molecule has 118 valence electrons. The lowest BCUT2D eigenvalue weighted by Crippen LogP contribution is -2.34. The molecule has 5 nitrogen and oxygen atoms in total. The lowest BCUT2D eigenvalue weighted by molar-refractivity contribution is 0.437. The first-order valence-electron chi connectivity index (χ1n) is 7.85. The predicted molar refractivity (Wildman–Crippen MR) is 93.6 cm³/mol. The first kappa shape index (κ1) is 15.1. The molecule has 3 rings (SSSR count). The number of nitrogens with two attached hydrogens (primary N) is 1. The van der Waals surface area contributed by atoms with E-state index in [4.69, 9.17) is 5.73 Å². The smallest absolute Gasteiger partial charge is 0.157 e. The minimum absolute atomic E-state index is 0.670. The summed E-state index contributed by atoms with van der Waals surface area (Å²) in [6.45, 7) is 5.18. The first-order valence-corrected chi connectivity index (χ1v) is 8.73. The van der Waals surface area contributed by atoms with Crippen molar-refractivity contribution < 1.29 is 0 Å². The average Bonchev–Trinajstić information content (AvgIpc) is 3.03. The van der Waals surface area contributed by atoms with E-state index in [1.165, 1.54) is 17.7 Å². The number of aromatic nitrogens is 2. The van der Waals surface area contributed by atoms with Crippen LogP contribution in [0.2, 0.25) is 0 Å². The highest BCUT2D eigenvalue weighted by Gasteiger charge is 2.20. The SMILES string of the molecule is CC1CCN(c2ncnc(NCCc3cccs3)c2N)CC1. The molecule has 0 unspecified atom stereocenters. The lowest BCUT2D eigenvalue weighted by Gasteiger charge is -2.32. The number of nitrogens with zero attached hydrogens (tertiary/aromatic N) is 3. The topological polar surface area (TPSA) is 67.1 Å². The van der Waals surface area contributed by atoms with Crippen LogP contribution in [-0.4, -0.2) is 29.6 Å². The van der Waals surface area contributed by atoms with Gasteiger partial charge in [-0.3, -0.25) is 0 Å². The second kappa shape index (κ2) is 6.96. The number of nitrogens with one attached hydrogen (secondary N) is 1. The predicted octanol–water partition coefficient (Wildman–Crippen LogP) is 3.01. The molecule has 22 heavy (non-hydrogen) atoms.